The molecule has 0 amide bonds. The highest BCUT2D eigenvalue weighted by molar-refractivity contribution is 7.98. The van der Waals surface area contributed by atoms with Crippen LogP contribution in [0.1, 0.15) is 45.1 Å². The zero-order valence-corrected chi connectivity index (χ0v) is 14.1. The zero-order valence-electron chi connectivity index (χ0n) is 13.3. The molecule has 2 aromatic rings. The van der Waals surface area contributed by atoms with E-state index in [2.05, 4.69) is 31.0 Å². The molecule has 110 valence electrons. The van der Waals surface area contributed by atoms with E-state index < -0.39 is 0 Å². The van der Waals surface area contributed by atoms with E-state index in [0.717, 1.165) is 27.5 Å². The molecule has 1 heterocycles. The summed E-state index contributed by atoms with van der Waals surface area (Å²) in [5.74, 6) is 0.985. The Morgan fingerprint density at radius 3 is 2.43 bits per heavy atom. The Balaban J connectivity index is 2.29. The third-order valence-corrected chi connectivity index (χ3v) is 4.70. The third-order valence-electron chi connectivity index (χ3n) is 3.73. The Kier molecular flexibility index (Phi) is 4.84. The molecule has 0 spiro atoms. The van der Waals surface area contributed by atoms with Gasteiger partial charge in [-0.15, -0.1) is 11.8 Å². The zero-order chi connectivity index (χ0) is 15.6. The molecular weight excluding hydrogens is 278 g/mol. The van der Waals surface area contributed by atoms with Crippen LogP contribution in [0.2, 0.25) is 0 Å². The van der Waals surface area contributed by atoms with E-state index in [1.807, 2.05) is 26.1 Å². The van der Waals surface area contributed by atoms with Gasteiger partial charge in [-0.3, -0.25) is 4.79 Å². The first-order chi connectivity index (χ1) is 9.90. The van der Waals surface area contributed by atoms with Crippen LogP contribution in [0.3, 0.4) is 0 Å². The fraction of sp³-hybridized carbons (Fsp3) is 0.333. The number of hydrogen-bond acceptors (Lipinski definition) is 3. The quantitative estimate of drug-likeness (QED) is 0.599. The lowest BCUT2D eigenvalue weighted by atomic mass is 9.92. The molecule has 0 unspecified atom stereocenters. The molecule has 3 heteroatoms. The highest BCUT2D eigenvalue weighted by Gasteiger charge is 2.14. The van der Waals surface area contributed by atoms with Crippen LogP contribution in [0.15, 0.2) is 29.4 Å². The minimum absolute atomic E-state index is 0.143. The van der Waals surface area contributed by atoms with Crippen LogP contribution in [-0.4, -0.2) is 10.8 Å². The van der Waals surface area contributed by atoms with Gasteiger partial charge in [0.2, 0.25) is 0 Å². The first-order valence-electron chi connectivity index (χ1n) is 7.06. The predicted molar refractivity (Wildman–Crippen MR) is 89.2 cm³/mol. The van der Waals surface area contributed by atoms with Crippen molar-refractivity contribution in [2.45, 2.75) is 45.4 Å². The average Bonchev–Trinajstić information content (AvgIpc) is 2.39. The van der Waals surface area contributed by atoms with E-state index in [4.69, 9.17) is 0 Å². The van der Waals surface area contributed by atoms with Gasteiger partial charge < -0.3 is 0 Å². The Morgan fingerprint density at radius 2 is 1.86 bits per heavy atom. The van der Waals surface area contributed by atoms with Crippen molar-refractivity contribution in [3.63, 3.8) is 0 Å². The van der Waals surface area contributed by atoms with Gasteiger partial charge in [0.15, 0.2) is 5.78 Å². The molecule has 1 aromatic heterocycles. The van der Waals surface area contributed by atoms with Crippen molar-refractivity contribution in [3.05, 3.63) is 57.8 Å². The highest BCUT2D eigenvalue weighted by Crippen LogP contribution is 2.29. The van der Waals surface area contributed by atoms with Crippen molar-refractivity contribution in [3.8, 4) is 0 Å². The van der Waals surface area contributed by atoms with E-state index in [0.29, 0.717) is 0 Å². The molecule has 2 nitrogen and oxygen atoms in total. The monoisotopic (exact) mass is 299 g/mol. The number of carbonyl (C=O) groups excluding carboxylic acids is 1. The minimum Gasteiger partial charge on any atom is -0.294 e. The smallest absolute Gasteiger partial charge is 0.160 e. The Morgan fingerprint density at radius 1 is 1.14 bits per heavy atom. The lowest BCUT2D eigenvalue weighted by molar-refractivity contribution is 0.101. The largest absolute Gasteiger partial charge is 0.294 e. The van der Waals surface area contributed by atoms with Crippen molar-refractivity contribution >= 4 is 17.5 Å². The topological polar surface area (TPSA) is 30.0 Å². The normalized spacial score (nSPS) is 10.7. The molecule has 0 aliphatic rings. The van der Waals surface area contributed by atoms with Crippen molar-refractivity contribution in [2.75, 3.05) is 0 Å². The number of hydrogen-bond donors (Lipinski definition) is 0. The fourth-order valence-electron chi connectivity index (χ4n) is 2.68. The molecule has 0 aliphatic carbocycles. The molecular formula is C18H21NOS. The van der Waals surface area contributed by atoms with Crippen LogP contribution in [0.25, 0.3) is 0 Å². The summed E-state index contributed by atoms with van der Waals surface area (Å²) in [7, 11) is 0. The maximum Gasteiger partial charge on any atom is 0.160 e. The van der Waals surface area contributed by atoms with E-state index in [9.17, 15) is 4.79 Å². The Labute approximate surface area is 131 Å². The summed E-state index contributed by atoms with van der Waals surface area (Å²) in [5, 5.41) is 1.02. The molecule has 0 aliphatic heterocycles. The molecule has 0 saturated heterocycles. The van der Waals surface area contributed by atoms with Crippen molar-refractivity contribution in [1.82, 2.24) is 4.98 Å². The standard InChI is InChI=1S/C18H21NOS/c1-11-6-7-17(19-9-11)21-10-16-12(2)8-13(3)18(14(16)4)15(5)20/h6-9H,10H2,1-5H3. The number of aryl methyl sites for hydroxylation is 3. The van der Waals surface area contributed by atoms with Gasteiger partial charge in [-0.05, 0) is 68.5 Å². The fourth-order valence-corrected chi connectivity index (χ4v) is 3.70. The van der Waals surface area contributed by atoms with Gasteiger partial charge in [0.25, 0.3) is 0 Å². The van der Waals surface area contributed by atoms with Gasteiger partial charge in [-0.25, -0.2) is 4.98 Å². The lowest BCUT2D eigenvalue weighted by Crippen LogP contribution is -2.05. The van der Waals surface area contributed by atoms with Crippen LogP contribution in [0, 0.1) is 27.7 Å². The van der Waals surface area contributed by atoms with Crippen molar-refractivity contribution in [1.29, 1.82) is 0 Å². The SMILES string of the molecule is CC(=O)c1c(C)cc(C)c(CSc2ccc(C)cn2)c1C. The number of nitrogens with zero attached hydrogens (tertiary/aromatic N) is 1. The molecule has 0 bridgehead atoms. The second-order valence-electron chi connectivity index (χ2n) is 5.51. The average molecular weight is 299 g/mol. The van der Waals surface area contributed by atoms with E-state index >= 15 is 0 Å². The highest BCUT2D eigenvalue weighted by atomic mass is 32.2. The van der Waals surface area contributed by atoms with E-state index in [1.165, 1.54) is 16.7 Å². The van der Waals surface area contributed by atoms with Crippen LogP contribution in [0.4, 0.5) is 0 Å². The maximum absolute atomic E-state index is 11.8. The molecule has 0 radical (unpaired) electrons. The van der Waals surface area contributed by atoms with Gasteiger partial charge in [0.05, 0.1) is 5.03 Å². The first-order valence-corrected chi connectivity index (χ1v) is 8.04. The van der Waals surface area contributed by atoms with Crippen LogP contribution >= 0.6 is 11.8 Å². The summed E-state index contributed by atoms with van der Waals surface area (Å²) >= 11 is 1.71. The van der Waals surface area contributed by atoms with Crippen molar-refractivity contribution < 1.29 is 4.79 Å². The molecule has 0 N–H and O–H groups in total. The maximum atomic E-state index is 11.8. The molecule has 1 aromatic carbocycles. The van der Waals surface area contributed by atoms with Crippen LogP contribution < -0.4 is 0 Å². The van der Waals surface area contributed by atoms with Gasteiger partial charge in [-0.2, -0.15) is 0 Å². The first kappa shape index (κ1) is 15.8. The lowest BCUT2D eigenvalue weighted by Gasteiger charge is -2.15. The Hall–Kier alpha value is -1.61. The summed E-state index contributed by atoms with van der Waals surface area (Å²) in [6, 6.07) is 6.23. The van der Waals surface area contributed by atoms with E-state index in [1.54, 1.807) is 18.7 Å². The molecule has 21 heavy (non-hydrogen) atoms. The second kappa shape index (κ2) is 6.44. The summed E-state index contributed by atoms with van der Waals surface area (Å²) in [6.45, 7) is 9.85. The number of rotatable bonds is 4. The number of Topliss-reactive ketones (excluding diaryl/α,β-unsaturated/α-hetero) is 1. The summed E-state index contributed by atoms with van der Waals surface area (Å²) in [4.78, 5) is 16.3. The van der Waals surface area contributed by atoms with Gasteiger partial charge in [0, 0.05) is 17.5 Å². The molecule has 0 fully saturated rings. The number of aromatic nitrogens is 1. The van der Waals surface area contributed by atoms with Gasteiger partial charge in [-0.1, -0.05) is 12.1 Å². The molecule has 0 atom stereocenters. The predicted octanol–water partition coefficient (Wildman–Crippen LogP) is 4.81. The molecule has 0 saturated carbocycles. The minimum atomic E-state index is 0.143. The second-order valence-corrected chi connectivity index (χ2v) is 6.50. The summed E-state index contributed by atoms with van der Waals surface area (Å²) in [6.07, 6.45) is 1.89. The number of carbonyl (C=O) groups is 1. The van der Waals surface area contributed by atoms with E-state index in [-0.39, 0.29) is 5.78 Å². The summed E-state index contributed by atoms with van der Waals surface area (Å²) < 4.78 is 0. The van der Waals surface area contributed by atoms with Crippen LogP contribution in [-0.2, 0) is 5.75 Å². The van der Waals surface area contributed by atoms with Gasteiger partial charge >= 0.3 is 0 Å². The van der Waals surface area contributed by atoms with Gasteiger partial charge in [0.1, 0.15) is 0 Å². The Bertz CT molecular complexity index is 675. The number of pyridine rings is 1. The third kappa shape index (κ3) is 3.53. The number of benzene rings is 1. The molecule has 2 rings (SSSR count). The number of ketones is 1. The summed E-state index contributed by atoms with van der Waals surface area (Å²) in [5.41, 5.74) is 6.71. The number of thioether (sulfide) groups is 1. The van der Waals surface area contributed by atoms with Crippen molar-refractivity contribution in [2.24, 2.45) is 0 Å². The van der Waals surface area contributed by atoms with Crippen LogP contribution in [0.5, 0.6) is 0 Å².